The molecule has 94 valence electrons. The van der Waals surface area contributed by atoms with Gasteiger partial charge in [0.15, 0.2) is 0 Å². The number of amides is 1. The molecule has 2 rings (SSSR count). The van der Waals surface area contributed by atoms with Crippen LogP contribution in [-0.2, 0) is 17.8 Å². The van der Waals surface area contributed by atoms with Crippen LogP contribution in [0.5, 0.6) is 0 Å². The molecule has 4 heteroatoms. The van der Waals surface area contributed by atoms with Gasteiger partial charge in [0.05, 0.1) is 18.9 Å². The molecule has 3 nitrogen and oxygen atoms in total. The van der Waals surface area contributed by atoms with Gasteiger partial charge in [-0.2, -0.15) is 0 Å². The van der Waals surface area contributed by atoms with E-state index >= 15 is 0 Å². The number of benzene rings is 1. The molecule has 0 aliphatic heterocycles. The number of carbonyl (C=O) groups excluding carboxylic acids is 1. The van der Waals surface area contributed by atoms with Gasteiger partial charge in [-0.1, -0.05) is 12.1 Å². The molecule has 1 heterocycles. The highest BCUT2D eigenvalue weighted by Gasteiger charge is 2.10. The fourth-order valence-corrected chi connectivity index (χ4v) is 1.82. The van der Waals surface area contributed by atoms with Gasteiger partial charge >= 0.3 is 0 Å². The highest BCUT2D eigenvalue weighted by Crippen LogP contribution is 2.10. The zero-order chi connectivity index (χ0) is 13.0. The summed E-state index contributed by atoms with van der Waals surface area (Å²) in [5.74, 6) is 0.0862. The molecule has 1 aromatic carbocycles. The van der Waals surface area contributed by atoms with Crippen molar-refractivity contribution in [2.45, 2.75) is 17.9 Å². The van der Waals surface area contributed by atoms with Gasteiger partial charge in [-0.3, -0.25) is 4.79 Å². The topological polar surface area (TPSA) is 33.5 Å². The number of hydrogen-bond acceptors (Lipinski definition) is 3. The van der Waals surface area contributed by atoms with Crippen molar-refractivity contribution in [1.82, 2.24) is 4.90 Å². The first-order chi connectivity index (χ1) is 8.65. The molecule has 2 aromatic rings. The van der Waals surface area contributed by atoms with Gasteiger partial charge in [0.1, 0.15) is 0 Å². The minimum absolute atomic E-state index is 0.0862. The number of hydrogen-bond donors (Lipinski definition) is 1. The lowest BCUT2D eigenvalue weighted by Gasteiger charge is -2.16. The molecule has 18 heavy (non-hydrogen) atoms. The summed E-state index contributed by atoms with van der Waals surface area (Å²) in [7, 11) is 1.79. The number of likely N-dealkylation sites (N-methyl/N-ethyl adjacent to an activating group) is 1. The molecule has 0 unspecified atom stereocenters. The summed E-state index contributed by atoms with van der Waals surface area (Å²) in [5, 5.41) is 0. The zero-order valence-electron chi connectivity index (χ0n) is 10.2. The van der Waals surface area contributed by atoms with Crippen LogP contribution in [0.25, 0.3) is 0 Å². The minimum Gasteiger partial charge on any atom is -0.472 e. The molecule has 0 spiro atoms. The molecule has 0 saturated heterocycles. The number of nitrogens with zero attached hydrogens (tertiary/aromatic N) is 1. The van der Waals surface area contributed by atoms with E-state index in [-0.39, 0.29) is 5.91 Å². The second-order valence-electron chi connectivity index (χ2n) is 4.22. The number of rotatable bonds is 4. The van der Waals surface area contributed by atoms with Crippen molar-refractivity contribution in [1.29, 1.82) is 0 Å². The molecule has 0 radical (unpaired) electrons. The zero-order valence-corrected chi connectivity index (χ0v) is 11.1. The molecule has 0 aliphatic carbocycles. The molecule has 1 amide bonds. The Morgan fingerprint density at radius 3 is 2.56 bits per heavy atom. The van der Waals surface area contributed by atoms with Crippen LogP contribution >= 0.6 is 12.6 Å². The lowest BCUT2D eigenvalue weighted by atomic mass is 10.1. The minimum atomic E-state index is 0.0862. The van der Waals surface area contributed by atoms with Crippen molar-refractivity contribution >= 4 is 18.5 Å². The van der Waals surface area contributed by atoms with Crippen molar-refractivity contribution in [2.75, 3.05) is 7.05 Å². The smallest absolute Gasteiger partial charge is 0.227 e. The number of furan rings is 1. The summed E-state index contributed by atoms with van der Waals surface area (Å²) in [6.07, 6.45) is 3.67. The second kappa shape index (κ2) is 5.78. The molecule has 1 aromatic heterocycles. The van der Waals surface area contributed by atoms with Crippen LogP contribution in [0.4, 0.5) is 0 Å². The molecule has 0 bridgehead atoms. The van der Waals surface area contributed by atoms with Gasteiger partial charge in [-0.05, 0) is 23.8 Å². The van der Waals surface area contributed by atoms with E-state index in [0.717, 1.165) is 16.0 Å². The highest BCUT2D eigenvalue weighted by molar-refractivity contribution is 7.80. The Labute approximate surface area is 112 Å². The van der Waals surface area contributed by atoms with Crippen LogP contribution in [0.15, 0.2) is 52.2 Å². The predicted octanol–water partition coefficient (Wildman–Crippen LogP) is 2.77. The van der Waals surface area contributed by atoms with Gasteiger partial charge in [0.25, 0.3) is 0 Å². The van der Waals surface area contributed by atoms with E-state index in [0.29, 0.717) is 13.0 Å². The van der Waals surface area contributed by atoms with E-state index in [2.05, 4.69) is 12.6 Å². The maximum Gasteiger partial charge on any atom is 0.227 e. The van der Waals surface area contributed by atoms with Crippen LogP contribution in [-0.4, -0.2) is 17.9 Å². The molecule has 0 N–H and O–H groups in total. The SMILES string of the molecule is CN(Cc1ccoc1)C(=O)Cc1ccc(S)cc1. The first-order valence-electron chi connectivity index (χ1n) is 5.68. The average Bonchev–Trinajstić information content (AvgIpc) is 2.85. The Hall–Kier alpha value is -1.68. The van der Waals surface area contributed by atoms with Crippen LogP contribution in [0.3, 0.4) is 0 Å². The molecular weight excluding hydrogens is 246 g/mol. The Morgan fingerprint density at radius 1 is 1.22 bits per heavy atom. The lowest BCUT2D eigenvalue weighted by molar-refractivity contribution is -0.129. The summed E-state index contributed by atoms with van der Waals surface area (Å²) in [6, 6.07) is 9.49. The van der Waals surface area contributed by atoms with Crippen molar-refractivity contribution in [2.24, 2.45) is 0 Å². The third-order valence-corrected chi connectivity index (χ3v) is 3.02. The van der Waals surface area contributed by atoms with Gasteiger partial charge in [0, 0.05) is 24.1 Å². The van der Waals surface area contributed by atoms with E-state index in [1.807, 2.05) is 30.3 Å². The Kier molecular flexibility index (Phi) is 4.10. The molecular formula is C14H15NO2S. The van der Waals surface area contributed by atoms with E-state index in [1.165, 1.54) is 0 Å². The maximum atomic E-state index is 12.0. The van der Waals surface area contributed by atoms with E-state index < -0.39 is 0 Å². The number of thiol groups is 1. The first-order valence-corrected chi connectivity index (χ1v) is 6.13. The molecule has 0 fully saturated rings. The van der Waals surface area contributed by atoms with Crippen molar-refractivity contribution in [3.05, 3.63) is 54.0 Å². The van der Waals surface area contributed by atoms with Gasteiger partial charge in [-0.25, -0.2) is 0 Å². The van der Waals surface area contributed by atoms with Crippen LogP contribution in [0, 0.1) is 0 Å². The van der Waals surface area contributed by atoms with Crippen molar-refractivity contribution in [3.63, 3.8) is 0 Å². The normalized spacial score (nSPS) is 10.3. The van der Waals surface area contributed by atoms with Crippen molar-refractivity contribution < 1.29 is 9.21 Å². The van der Waals surface area contributed by atoms with E-state index in [1.54, 1.807) is 24.5 Å². The largest absolute Gasteiger partial charge is 0.472 e. The van der Waals surface area contributed by atoms with Gasteiger partial charge in [0.2, 0.25) is 5.91 Å². The fraction of sp³-hybridized carbons (Fsp3) is 0.214. The molecule has 0 saturated carbocycles. The maximum absolute atomic E-state index is 12.0. The molecule has 0 aliphatic rings. The lowest BCUT2D eigenvalue weighted by Crippen LogP contribution is -2.27. The van der Waals surface area contributed by atoms with Gasteiger partial charge < -0.3 is 9.32 Å². The summed E-state index contributed by atoms with van der Waals surface area (Å²) in [5.41, 5.74) is 1.99. The predicted molar refractivity (Wildman–Crippen MR) is 72.6 cm³/mol. The monoisotopic (exact) mass is 261 g/mol. The van der Waals surface area contributed by atoms with Crippen LogP contribution < -0.4 is 0 Å². The Morgan fingerprint density at radius 2 is 1.94 bits per heavy atom. The first kappa shape index (κ1) is 12.8. The average molecular weight is 261 g/mol. The Balaban J connectivity index is 1.93. The van der Waals surface area contributed by atoms with E-state index in [4.69, 9.17) is 4.42 Å². The van der Waals surface area contributed by atoms with Gasteiger partial charge in [-0.15, -0.1) is 12.6 Å². The summed E-state index contributed by atoms with van der Waals surface area (Å²) in [6.45, 7) is 0.569. The Bertz CT molecular complexity index is 505. The summed E-state index contributed by atoms with van der Waals surface area (Å²) in [4.78, 5) is 14.6. The quantitative estimate of drug-likeness (QED) is 0.859. The van der Waals surface area contributed by atoms with Crippen LogP contribution in [0.1, 0.15) is 11.1 Å². The second-order valence-corrected chi connectivity index (χ2v) is 4.74. The van der Waals surface area contributed by atoms with E-state index in [9.17, 15) is 4.79 Å². The summed E-state index contributed by atoms with van der Waals surface area (Å²) >= 11 is 4.22. The van der Waals surface area contributed by atoms with Crippen molar-refractivity contribution in [3.8, 4) is 0 Å². The fourth-order valence-electron chi connectivity index (χ4n) is 1.67. The third-order valence-electron chi connectivity index (χ3n) is 2.72. The third kappa shape index (κ3) is 3.40. The van der Waals surface area contributed by atoms with Crippen LogP contribution in [0.2, 0.25) is 0 Å². The summed E-state index contributed by atoms with van der Waals surface area (Å²) < 4.78 is 4.98. The standard InChI is InChI=1S/C14H15NO2S/c1-15(9-12-6-7-17-10-12)14(16)8-11-2-4-13(18)5-3-11/h2-7,10,18H,8-9H2,1H3. The number of carbonyl (C=O) groups is 1. The molecule has 0 atom stereocenters. The highest BCUT2D eigenvalue weighted by atomic mass is 32.1.